The van der Waals surface area contributed by atoms with E-state index in [1.807, 2.05) is 0 Å². The van der Waals surface area contributed by atoms with Crippen molar-refractivity contribution in [2.75, 3.05) is 0 Å². The van der Waals surface area contributed by atoms with E-state index in [0.29, 0.717) is 11.8 Å². The molecular weight excluding hydrogens is 200 g/mol. The molecule has 2 N–H and O–H groups in total. The molecule has 0 bridgehead atoms. The summed E-state index contributed by atoms with van der Waals surface area (Å²) in [5.41, 5.74) is 0. The van der Waals surface area contributed by atoms with Gasteiger partial charge in [-0.1, -0.05) is 0 Å². The van der Waals surface area contributed by atoms with Crippen LogP contribution in [-0.4, -0.2) is 22.4 Å². The van der Waals surface area contributed by atoms with E-state index < -0.39 is 0 Å². The molecule has 16 heavy (non-hydrogen) atoms. The molecule has 5 aliphatic rings. The molecule has 5 aliphatic carbocycles. The Balaban J connectivity index is 1.65. The van der Waals surface area contributed by atoms with Gasteiger partial charge in [-0.15, -0.1) is 0 Å². The second kappa shape index (κ2) is 2.51. The highest BCUT2D eigenvalue weighted by Crippen LogP contribution is 2.74. The second-order valence-electron chi connectivity index (χ2n) is 7.23. The van der Waals surface area contributed by atoms with Crippen molar-refractivity contribution in [2.24, 2.45) is 47.3 Å². The normalized spacial score (nSPS) is 73.9. The van der Waals surface area contributed by atoms with Crippen molar-refractivity contribution in [1.82, 2.24) is 0 Å². The lowest BCUT2D eigenvalue weighted by Crippen LogP contribution is -2.21. The number of aliphatic hydroxyl groups excluding tert-OH is 2. The summed E-state index contributed by atoms with van der Waals surface area (Å²) in [6, 6.07) is 0. The number of rotatable bonds is 0. The Morgan fingerprint density at radius 2 is 1.06 bits per heavy atom. The summed E-state index contributed by atoms with van der Waals surface area (Å²) in [7, 11) is 0. The van der Waals surface area contributed by atoms with E-state index in [1.165, 1.54) is 12.8 Å². The number of hydrogen-bond donors (Lipinski definition) is 2. The minimum absolute atomic E-state index is 0.00209. The Morgan fingerprint density at radius 3 is 1.56 bits per heavy atom. The standard InChI is InChI=1S/C14H20O2/c15-10-3-6-7-4-11(16)9-2-5-1-8(10)13(6)12(5)14(7)9/h5-16H,1-4H2/t5?,6-,7+,8-,9+,10+,11-,12?,13+,14-. The first-order chi connectivity index (χ1) is 7.75. The van der Waals surface area contributed by atoms with Gasteiger partial charge in [0.1, 0.15) is 0 Å². The smallest absolute Gasteiger partial charge is 0.0574 e. The molecule has 0 aromatic carbocycles. The SMILES string of the molecule is O[C@@H]1C[C@H]2[C@H]3C[C@H](O)[C@H]4CC5C[C@@H]1[C@@H]2C5[C@@H]34. The van der Waals surface area contributed by atoms with Crippen LogP contribution < -0.4 is 0 Å². The summed E-state index contributed by atoms with van der Waals surface area (Å²) in [5.74, 6) is 6.31. The molecule has 0 heterocycles. The molecule has 0 spiro atoms. The summed E-state index contributed by atoms with van der Waals surface area (Å²) in [4.78, 5) is 0. The topological polar surface area (TPSA) is 40.5 Å². The maximum Gasteiger partial charge on any atom is 0.0574 e. The average molecular weight is 220 g/mol. The van der Waals surface area contributed by atoms with Crippen molar-refractivity contribution in [1.29, 1.82) is 0 Å². The molecule has 0 saturated heterocycles. The lowest BCUT2D eigenvalue weighted by Gasteiger charge is -2.20. The Labute approximate surface area is 96.0 Å². The van der Waals surface area contributed by atoms with E-state index in [2.05, 4.69) is 0 Å². The minimum Gasteiger partial charge on any atom is -0.393 e. The summed E-state index contributed by atoms with van der Waals surface area (Å²) < 4.78 is 0. The van der Waals surface area contributed by atoms with Crippen LogP contribution in [0.2, 0.25) is 0 Å². The van der Waals surface area contributed by atoms with Gasteiger partial charge in [-0.25, -0.2) is 0 Å². The predicted octanol–water partition coefficient (Wildman–Crippen LogP) is 1.27. The number of aliphatic hydroxyl groups is 2. The predicted molar refractivity (Wildman–Crippen MR) is 58.4 cm³/mol. The van der Waals surface area contributed by atoms with Crippen LogP contribution in [-0.2, 0) is 0 Å². The fourth-order valence-corrected chi connectivity index (χ4v) is 7.06. The first kappa shape index (κ1) is 8.93. The molecule has 0 aromatic rings. The Bertz CT molecular complexity index is 323. The van der Waals surface area contributed by atoms with Crippen molar-refractivity contribution in [3.8, 4) is 0 Å². The van der Waals surface area contributed by atoms with Crippen LogP contribution in [0.1, 0.15) is 25.7 Å². The molecule has 0 aromatic heterocycles. The van der Waals surface area contributed by atoms with Crippen LogP contribution in [0.5, 0.6) is 0 Å². The van der Waals surface area contributed by atoms with E-state index in [1.54, 1.807) is 0 Å². The largest absolute Gasteiger partial charge is 0.393 e. The van der Waals surface area contributed by atoms with E-state index in [-0.39, 0.29) is 12.2 Å². The highest BCUT2D eigenvalue weighted by Gasteiger charge is 2.70. The van der Waals surface area contributed by atoms with E-state index >= 15 is 0 Å². The van der Waals surface area contributed by atoms with Gasteiger partial charge in [-0.3, -0.25) is 0 Å². The summed E-state index contributed by atoms with van der Waals surface area (Å²) in [5, 5.41) is 20.4. The van der Waals surface area contributed by atoms with Crippen molar-refractivity contribution in [3.05, 3.63) is 0 Å². The van der Waals surface area contributed by atoms with Gasteiger partial charge < -0.3 is 10.2 Å². The number of fused-ring (bicyclic) bond motifs is 1. The van der Waals surface area contributed by atoms with E-state index in [4.69, 9.17) is 0 Å². The zero-order valence-corrected chi connectivity index (χ0v) is 9.50. The number of hydrogen-bond acceptors (Lipinski definition) is 2. The zero-order chi connectivity index (χ0) is 10.6. The zero-order valence-electron chi connectivity index (χ0n) is 9.50. The van der Waals surface area contributed by atoms with Gasteiger partial charge in [0.25, 0.3) is 0 Å². The Morgan fingerprint density at radius 1 is 0.562 bits per heavy atom. The molecule has 2 heteroatoms. The van der Waals surface area contributed by atoms with Crippen LogP contribution >= 0.6 is 0 Å². The molecule has 5 fully saturated rings. The highest BCUT2D eigenvalue weighted by atomic mass is 16.3. The average Bonchev–Trinajstić information content (AvgIpc) is 2.91. The third-order valence-corrected chi connectivity index (χ3v) is 7.13. The molecule has 5 saturated carbocycles. The molecule has 2 nitrogen and oxygen atoms in total. The van der Waals surface area contributed by atoms with Gasteiger partial charge in [-0.2, -0.15) is 0 Å². The second-order valence-corrected chi connectivity index (χ2v) is 7.23. The highest BCUT2D eigenvalue weighted by molar-refractivity contribution is 5.19. The van der Waals surface area contributed by atoms with Gasteiger partial charge in [0, 0.05) is 0 Å². The van der Waals surface area contributed by atoms with Gasteiger partial charge in [0.05, 0.1) is 12.2 Å². The van der Waals surface area contributed by atoms with Crippen molar-refractivity contribution >= 4 is 0 Å². The molecule has 88 valence electrons. The van der Waals surface area contributed by atoms with Crippen molar-refractivity contribution in [2.45, 2.75) is 37.9 Å². The molecule has 10 atom stereocenters. The summed E-state index contributed by atoms with van der Waals surface area (Å²) in [6.07, 6.45) is 4.66. The van der Waals surface area contributed by atoms with Crippen LogP contribution in [0.25, 0.3) is 0 Å². The molecule has 5 rings (SSSR count). The quantitative estimate of drug-likeness (QED) is 0.645. The monoisotopic (exact) mass is 220 g/mol. The Hall–Kier alpha value is -0.0800. The van der Waals surface area contributed by atoms with Crippen molar-refractivity contribution in [3.63, 3.8) is 0 Å². The minimum atomic E-state index is -0.00209. The fraction of sp³-hybridized carbons (Fsp3) is 1.00. The maximum absolute atomic E-state index is 10.2. The van der Waals surface area contributed by atoms with Crippen LogP contribution in [0.4, 0.5) is 0 Å². The molecular formula is C14H20O2. The van der Waals surface area contributed by atoms with E-state index in [0.717, 1.165) is 48.3 Å². The van der Waals surface area contributed by atoms with Crippen LogP contribution in [0, 0.1) is 47.3 Å². The third kappa shape index (κ3) is 0.743. The van der Waals surface area contributed by atoms with Crippen LogP contribution in [0.15, 0.2) is 0 Å². The van der Waals surface area contributed by atoms with Gasteiger partial charge in [0.2, 0.25) is 0 Å². The third-order valence-electron chi connectivity index (χ3n) is 7.13. The first-order valence-electron chi connectivity index (χ1n) is 7.12. The van der Waals surface area contributed by atoms with Gasteiger partial charge in [-0.05, 0) is 73.0 Å². The molecule has 0 radical (unpaired) electrons. The maximum atomic E-state index is 10.2. The summed E-state index contributed by atoms with van der Waals surface area (Å²) >= 11 is 0. The molecule has 0 amide bonds. The van der Waals surface area contributed by atoms with Crippen LogP contribution in [0.3, 0.4) is 0 Å². The van der Waals surface area contributed by atoms with E-state index in [9.17, 15) is 10.2 Å². The van der Waals surface area contributed by atoms with Crippen molar-refractivity contribution < 1.29 is 10.2 Å². The lowest BCUT2D eigenvalue weighted by molar-refractivity contribution is 0.101. The molecule has 0 aliphatic heterocycles. The first-order valence-corrected chi connectivity index (χ1v) is 7.12. The lowest BCUT2D eigenvalue weighted by atomic mass is 9.87. The Kier molecular flexibility index (Phi) is 1.40. The molecule has 2 unspecified atom stereocenters. The van der Waals surface area contributed by atoms with Gasteiger partial charge >= 0.3 is 0 Å². The summed E-state index contributed by atoms with van der Waals surface area (Å²) in [6.45, 7) is 0. The fourth-order valence-electron chi connectivity index (χ4n) is 7.06. The van der Waals surface area contributed by atoms with Gasteiger partial charge in [0.15, 0.2) is 0 Å².